The summed E-state index contributed by atoms with van der Waals surface area (Å²) in [7, 11) is 1.61. The minimum atomic E-state index is -0.169. The third-order valence-corrected chi connectivity index (χ3v) is 4.83. The fraction of sp³-hybridized carbons (Fsp3) is 0.400. The molecule has 0 bridgehead atoms. The highest BCUT2D eigenvalue weighted by Crippen LogP contribution is 2.20. The molecule has 0 saturated carbocycles. The Morgan fingerprint density at radius 1 is 1.30 bits per heavy atom. The number of furan rings is 1. The molecular formula is C20H25N3O4. The Hall–Kier alpha value is -2.80. The molecule has 7 heteroatoms. The van der Waals surface area contributed by atoms with Gasteiger partial charge in [-0.1, -0.05) is 18.2 Å². The van der Waals surface area contributed by atoms with Crippen LogP contribution in [0, 0.1) is 0 Å². The molecule has 0 unspecified atom stereocenters. The van der Waals surface area contributed by atoms with Crippen molar-refractivity contribution in [3.8, 4) is 5.75 Å². The van der Waals surface area contributed by atoms with Gasteiger partial charge in [-0.2, -0.15) is 0 Å². The zero-order valence-corrected chi connectivity index (χ0v) is 15.4. The number of ether oxygens (including phenoxy) is 1. The van der Waals surface area contributed by atoms with Gasteiger partial charge in [-0.25, -0.2) is 0 Å². The molecular weight excluding hydrogens is 346 g/mol. The zero-order chi connectivity index (χ0) is 19.2. The lowest BCUT2D eigenvalue weighted by Crippen LogP contribution is -2.46. The maximum Gasteiger partial charge on any atom is 0.254 e. The molecule has 1 saturated heterocycles. The van der Waals surface area contributed by atoms with Crippen LogP contribution in [0.3, 0.4) is 0 Å². The maximum absolute atomic E-state index is 12.6. The van der Waals surface area contributed by atoms with E-state index in [-0.39, 0.29) is 24.4 Å². The van der Waals surface area contributed by atoms with Gasteiger partial charge in [0.2, 0.25) is 5.91 Å². The summed E-state index contributed by atoms with van der Waals surface area (Å²) in [6, 6.07) is 9.25. The van der Waals surface area contributed by atoms with Crippen LogP contribution >= 0.6 is 0 Å². The molecule has 1 aromatic heterocycles. The molecule has 3 rings (SSSR count). The standard InChI is InChI=1S/C20H25N3O4/c1-26-18-5-3-2-4-14(18)11-19(24)23-8-6-16(7-9-23)22-20(25)15-10-17(12-21)27-13-15/h2-5,10,13,16H,6-9,11-12,21H2,1H3,(H,22,25). The Kier molecular flexibility index (Phi) is 6.13. The fourth-order valence-electron chi connectivity index (χ4n) is 3.27. The second-order valence-electron chi connectivity index (χ2n) is 6.62. The molecule has 0 aliphatic carbocycles. The van der Waals surface area contributed by atoms with Crippen molar-refractivity contribution in [3.63, 3.8) is 0 Å². The molecule has 7 nitrogen and oxygen atoms in total. The van der Waals surface area contributed by atoms with Crippen molar-refractivity contribution >= 4 is 11.8 Å². The summed E-state index contributed by atoms with van der Waals surface area (Å²) in [6.45, 7) is 1.51. The Labute approximate surface area is 158 Å². The smallest absolute Gasteiger partial charge is 0.254 e. The number of rotatable bonds is 6. The Morgan fingerprint density at radius 2 is 2.04 bits per heavy atom. The average molecular weight is 371 g/mol. The van der Waals surface area contributed by atoms with Gasteiger partial charge in [-0.3, -0.25) is 9.59 Å². The second-order valence-corrected chi connectivity index (χ2v) is 6.62. The predicted molar refractivity (Wildman–Crippen MR) is 100 cm³/mol. The number of carbonyl (C=O) groups is 2. The van der Waals surface area contributed by atoms with Crippen LogP contribution in [-0.2, 0) is 17.8 Å². The lowest BCUT2D eigenvalue weighted by Gasteiger charge is -2.32. The highest BCUT2D eigenvalue weighted by atomic mass is 16.5. The van der Waals surface area contributed by atoms with E-state index in [1.165, 1.54) is 6.26 Å². The number of para-hydroxylation sites is 1. The monoisotopic (exact) mass is 371 g/mol. The van der Waals surface area contributed by atoms with E-state index in [1.807, 2.05) is 29.2 Å². The number of nitrogens with zero attached hydrogens (tertiary/aromatic N) is 1. The third-order valence-electron chi connectivity index (χ3n) is 4.83. The van der Waals surface area contributed by atoms with E-state index >= 15 is 0 Å². The minimum Gasteiger partial charge on any atom is -0.496 e. The van der Waals surface area contributed by atoms with E-state index < -0.39 is 0 Å². The van der Waals surface area contributed by atoms with Crippen LogP contribution in [-0.4, -0.2) is 43.0 Å². The number of nitrogens with one attached hydrogen (secondary N) is 1. The topological polar surface area (TPSA) is 97.8 Å². The third kappa shape index (κ3) is 4.68. The lowest BCUT2D eigenvalue weighted by molar-refractivity contribution is -0.131. The first-order valence-corrected chi connectivity index (χ1v) is 9.08. The van der Waals surface area contributed by atoms with Gasteiger partial charge in [0.05, 0.1) is 25.6 Å². The quantitative estimate of drug-likeness (QED) is 0.806. The highest BCUT2D eigenvalue weighted by molar-refractivity contribution is 5.94. The minimum absolute atomic E-state index is 0.0454. The zero-order valence-electron chi connectivity index (χ0n) is 15.4. The number of carbonyl (C=O) groups excluding carboxylic acids is 2. The largest absolute Gasteiger partial charge is 0.496 e. The average Bonchev–Trinajstić information content (AvgIpc) is 3.18. The summed E-state index contributed by atoms with van der Waals surface area (Å²) in [5.41, 5.74) is 6.86. The fourth-order valence-corrected chi connectivity index (χ4v) is 3.27. The molecule has 1 aromatic carbocycles. The van der Waals surface area contributed by atoms with Crippen molar-refractivity contribution in [1.29, 1.82) is 0 Å². The summed E-state index contributed by atoms with van der Waals surface area (Å²) in [5, 5.41) is 3.00. The van der Waals surface area contributed by atoms with Crippen molar-refractivity contribution in [2.75, 3.05) is 20.2 Å². The molecule has 0 radical (unpaired) electrons. The summed E-state index contributed by atoms with van der Waals surface area (Å²) >= 11 is 0. The van der Waals surface area contributed by atoms with Crippen molar-refractivity contribution in [2.24, 2.45) is 5.73 Å². The van der Waals surface area contributed by atoms with Gasteiger partial charge in [0.1, 0.15) is 17.8 Å². The molecule has 2 aromatic rings. The van der Waals surface area contributed by atoms with Gasteiger partial charge in [0.25, 0.3) is 5.91 Å². The van der Waals surface area contributed by atoms with Crippen molar-refractivity contribution in [1.82, 2.24) is 10.2 Å². The molecule has 1 aliphatic heterocycles. The molecule has 27 heavy (non-hydrogen) atoms. The molecule has 1 fully saturated rings. The predicted octanol–water partition coefficient (Wildman–Crippen LogP) is 1.71. The number of amides is 2. The summed E-state index contributed by atoms with van der Waals surface area (Å²) in [4.78, 5) is 26.7. The van der Waals surface area contributed by atoms with E-state index in [1.54, 1.807) is 13.2 Å². The van der Waals surface area contributed by atoms with Crippen molar-refractivity contribution < 1.29 is 18.7 Å². The van der Waals surface area contributed by atoms with Crippen molar-refractivity contribution in [3.05, 3.63) is 53.5 Å². The van der Waals surface area contributed by atoms with E-state index in [0.29, 0.717) is 30.8 Å². The molecule has 0 atom stereocenters. The van der Waals surface area contributed by atoms with E-state index in [9.17, 15) is 9.59 Å². The normalized spacial score (nSPS) is 14.8. The second kappa shape index (κ2) is 8.73. The molecule has 2 amide bonds. The van der Waals surface area contributed by atoms with Crippen molar-refractivity contribution in [2.45, 2.75) is 31.8 Å². The van der Waals surface area contributed by atoms with Crippen LogP contribution in [0.15, 0.2) is 41.0 Å². The maximum atomic E-state index is 12.6. The highest BCUT2D eigenvalue weighted by Gasteiger charge is 2.25. The number of nitrogens with two attached hydrogens (primary N) is 1. The number of benzene rings is 1. The number of hydrogen-bond donors (Lipinski definition) is 2. The molecule has 2 heterocycles. The first kappa shape index (κ1) is 19.0. The van der Waals surface area contributed by atoms with Crippen LogP contribution in [0.1, 0.15) is 34.5 Å². The molecule has 144 valence electrons. The van der Waals surface area contributed by atoms with Gasteiger partial charge in [-0.05, 0) is 25.0 Å². The molecule has 0 spiro atoms. The Bertz CT molecular complexity index is 794. The lowest BCUT2D eigenvalue weighted by atomic mass is 10.0. The Balaban J connectivity index is 1.49. The first-order chi connectivity index (χ1) is 13.1. The van der Waals surface area contributed by atoms with Gasteiger partial charge in [0, 0.05) is 24.7 Å². The molecule has 3 N–H and O–H groups in total. The first-order valence-electron chi connectivity index (χ1n) is 9.08. The Morgan fingerprint density at radius 3 is 2.70 bits per heavy atom. The van der Waals surface area contributed by atoms with Crippen LogP contribution in [0.25, 0.3) is 0 Å². The SMILES string of the molecule is COc1ccccc1CC(=O)N1CCC(NC(=O)c2coc(CN)c2)CC1. The van der Waals surface area contributed by atoms with Crippen LogP contribution in [0.2, 0.25) is 0 Å². The van der Waals surface area contributed by atoms with E-state index in [0.717, 1.165) is 24.2 Å². The van der Waals surface area contributed by atoms with Gasteiger partial charge < -0.3 is 25.1 Å². The van der Waals surface area contributed by atoms with Crippen LogP contribution < -0.4 is 15.8 Å². The van der Waals surface area contributed by atoms with E-state index in [4.69, 9.17) is 14.9 Å². The number of hydrogen-bond acceptors (Lipinski definition) is 5. The number of methoxy groups -OCH3 is 1. The van der Waals surface area contributed by atoms with Crippen LogP contribution in [0.4, 0.5) is 0 Å². The number of likely N-dealkylation sites (tertiary alicyclic amines) is 1. The van der Waals surface area contributed by atoms with Gasteiger partial charge >= 0.3 is 0 Å². The van der Waals surface area contributed by atoms with E-state index in [2.05, 4.69) is 5.32 Å². The summed E-state index contributed by atoms with van der Waals surface area (Å²) in [5.74, 6) is 1.21. The van der Waals surface area contributed by atoms with Crippen LogP contribution in [0.5, 0.6) is 5.75 Å². The van der Waals surface area contributed by atoms with Gasteiger partial charge in [0.15, 0.2) is 0 Å². The summed E-state index contributed by atoms with van der Waals surface area (Å²) in [6.07, 6.45) is 3.19. The number of piperidine rings is 1. The van der Waals surface area contributed by atoms with Gasteiger partial charge in [-0.15, -0.1) is 0 Å². The summed E-state index contributed by atoms with van der Waals surface area (Å²) < 4.78 is 10.5. The molecule has 1 aliphatic rings.